The van der Waals surface area contributed by atoms with E-state index in [1.54, 1.807) is 4.57 Å². The highest BCUT2D eigenvalue weighted by Crippen LogP contribution is 2.29. The maximum absolute atomic E-state index is 13.0. The van der Waals surface area contributed by atoms with Crippen LogP contribution in [0.4, 0.5) is 0 Å². The molecule has 2 aromatic heterocycles. The molecule has 0 saturated heterocycles. The Morgan fingerprint density at radius 2 is 1.88 bits per heavy atom. The van der Waals surface area contributed by atoms with Crippen molar-refractivity contribution in [1.82, 2.24) is 18.7 Å². The molecular formula is C19H20N4O3. The van der Waals surface area contributed by atoms with Crippen LogP contribution < -0.4 is 11.2 Å². The lowest BCUT2D eigenvalue weighted by Gasteiger charge is -2.12. The van der Waals surface area contributed by atoms with Crippen molar-refractivity contribution in [2.45, 2.75) is 39.4 Å². The van der Waals surface area contributed by atoms with Gasteiger partial charge in [-0.25, -0.2) is 9.78 Å². The first-order valence-corrected chi connectivity index (χ1v) is 8.76. The summed E-state index contributed by atoms with van der Waals surface area (Å²) in [5.74, 6) is 0.311. The molecule has 1 fully saturated rings. The third-order valence-electron chi connectivity index (χ3n) is 4.70. The van der Waals surface area contributed by atoms with Gasteiger partial charge in [0.2, 0.25) is 0 Å². The summed E-state index contributed by atoms with van der Waals surface area (Å²) in [6, 6.07) is 9.60. The summed E-state index contributed by atoms with van der Waals surface area (Å²) in [5, 5.41) is 0. The third-order valence-corrected chi connectivity index (χ3v) is 4.70. The van der Waals surface area contributed by atoms with Gasteiger partial charge in [0, 0.05) is 6.54 Å². The highest BCUT2D eigenvalue weighted by Gasteiger charge is 2.26. The Bertz CT molecular complexity index is 1090. The summed E-state index contributed by atoms with van der Waals surface area (Å²) in [6.07, 6.45) is 3.54. The Balaban J connectivity index is 1.93. The predicted octanol–water partition coefficient (Wildman–Crippen LogP) is 1.41. The molecule has 1 aliphatic rings. The van der Waals surface area contributed by atoms with Gasteiger partial charge in [-0.2, -0.15) is 0 Å². The second-order valence-electron chi connectivity index (χ2n) is 6.96. The van der Waals surface area contributed by atoms with Crippen molar-refractivity contribution in [3.05, 3.63) is 63.1 Å². The van der Waals surface area contributed by atoms with Crippen molar-refractivity contribution < 1.29 is 4.79 Å². The summed E-state index contributed by atoms with van der Waals surface area (Å²) < 4.78 is 4.39. The molecule has 3 aromatic rings. The SMILES string of the molecule is CC(=O)Cn1cnc2c1c(=O)n(CC1CC1)c(=O)n2Cc1ccccc1. The van der Waals surface area contributed by atoms with Crippen LogP contribution in [0.5, 0.6) is 0 Å². The normalized spacial score (nSPS) is 14.0. The number of Topliss-reactive ketones (excluding diaryl/α,β-unsaturated/α-hetero) is 1. The molecule has 0 bridgehead atoms. The van der Waals surface area contributed by atoms with E-state index < -0.39 is 0 Å². The van der Waals surface area contributed by atoms with Gasteiger partial charge in [-0.15, -0.1) is 0 Å². The fourth-order valence-corrected chi connectivity index (χ4v) is 3.23. The van der Waals surface area contributed by atoms with Gasteiger partial charge in [0.1, 0.15) is 5.78 Å². The first-order valence-electron chi connectivity index (χ1n) is 8.76. The molecule has 2 heterocycles. The van der Waals surface area contributed by atoms with Gasteiger partial charge in [0.05, 0.1) is 19.4 Å². The lowest BCUT2D eigenvalue weighted by Crippen LogP contribution is -2.41. The van der Waals surface area contributed by atoms with E-state index >= 15 is 0 Å². The van der Waals surface area contributed by atoms with Crippen LogP contribution in [0, 0.1) is 5.92 Å². The standard InChI is InChI=1S/C19H20N4O3/c1-13(24)9-21-12-20-17-16(21)18(25)23(11-15-7-8-15)19(26)22(17)10-14-5-3-2-4-6-14/h2-6,12,15H,7-11H2,1H3. The van der Waals surface area contributed by atoms with Crippen LogP contribution in [0.1, 0.15) is 25.3 Å². The Morgan fingerprint density at radius 1 is 1.15 bits per heavy atom. The van der Waals surface area contributed by atoms with Crippen molar-refractivity contribution in [3.63, 3.8) is 0 Å². The maximum Gasteiger partial charge on any atom is 0.333 e. The summed E-state index contributed by atoms with van der Waals surface area (Å²) in [4.78, 5) is 41.8. The largest absolute Gasteiger partial charge is 0.333 e. The minimum absolute atomic E-state index is 0.0682. The molecule has 26 heavy (non-hydrogen) atoms. The molecule has 134 valence electrons. The summed E-state index contributed by atoms with van der Waals surface area (Å²) in [5.41, 5.74) is 0.897. The van der Waals surface area contributed by atoms with E-state index in [0.29, 0.717) is 30.2 Å². The molecule has 1 saturated carbocycles. The monoisotopic (exact) mass is 352 g/mol. The first kappa shape index (κ1) is 16.5. The lowest BCUT2D eigenvalue weighted by atomic mass is 10.2. The van der Waals surface area contributed by atoms with Crippen LogP contribution in [0.15, 0.2) is 46.2 Å². The summed E-state index contributed by atoms with van der Waals surface area (Å²) in [6.45, 7) is 2.29. The van der Waals surface area contributed by atoms with Gasteiger partial charge in [-0.05, 0) is 31.2 Å². The van der Waals surface area contributed by atoms with E-state index in [4.69, 9.17) is 0 Å². The van der Waals surface area contributed by atoms with E-state index in [2.05, 4.69) is 4.98 Å². The van der Waals surface area contributed by atoms with Crippen molar-refractivity contribution in [2.75, 3.05) is 0 Å². The fraction of sp³-hybridized carbons (Fsp3) is 0.368. The number of benzene rings is 1. The Kier molecular flexibility index (Phi) is 4.06. The van der Waals surface area contributed by atoms with Crippen molar-refractivity contribution in [1.29, 1.82) is 0 Å². The number of carbonyl (C=O) groups is 1. The maximum atomic E-state index is 13.0. The first-order chi connectivity index (χ1) is 12.5. The van der Waals surface area contributed by atoms with E-state index in [9.17, 15) is 14.4 Å². The average molecular weight is 352 g/mol. The van der Waals surface area contributed by atoms with E-state index in [0.717, 1.165) is 18.4 Å². The molecule has 0 amide bonds. The molecule has 1 aliphatic carbocycles. The van der Waals surface area contributed by atoms with Crippen LogP contribution in [0.25, 0.3) is 11.2 Å². The van der Waals surface area contributed by atoms with Gasteiger partial charge < -0.3 is 4.57 Å². The van der Waals surface area contributed by atoms with Crippen LogP contribution >= 0.6 is 0 Å². The number of ketones is 1. The quantitative estimate of drug-likeness (QED) is 0.672. The van der Waals surface area contributed by atoms with Crippen molar-refractivity contribution >= 4 is 16.9 Å². The van der Waals surface area contributed by atoms with Crippen LogP contribution in [-0.2, 0) is 24.4 Å². The number of rotatable bonds is 6. The molecule has 0 spiro atoms. The molecule has 0 radical (unpaired) electrons. The van der Waals surface area contributed by atoms with Crippen LogP contribution in [0.3, 0.4) is 0 Å². The van der Waals surface area contributed by atoms with Crippen molar-refractivity contribution in [3.8, 4) is 0 Å². The number of carbonyl (C=O) groups excluding carboxylic acids is 1. The third kappa shape index (κ3) is 3.00. The number of aromatic nitrogens is 4. The second-order valence-corrected chi connectivity index (χ2v) is 6.96. The van der Waals surface area contributed by atoms with Gasteiger partial charge in [0.25, 0.3) is 5.56 Å². The van der Waals surface area contributed by atoms with E-state index in [-0.39, 0.29) is 23.6 Å². The number of fused-ring (bicyclic) bond motifs is 1. The number of hydrogen-bond acceptors (Lipinski definition) is 4. The molecular weight excluding hydrogens is 332 g/mol. The fourth-order valence-electron chi connectivity index (χ4n) is 3.23. The van der Waals surface area contributed by atoms with Gasteiger partial charge in [-0.1, -0.05) is 30.3 Å². The Morgan fingerprint density at radius 3 is 2.54 bits per heavy atom. The highest BCUT2D eigenvalue weighted by molar-refractivity contribution is 5.78. The highest BCUT2D eigenvalue weighted by atomic mass is 16.2. The molecule has 1 aromatic carbocycles. The number of nitrogens with zero attached hydrogens (tertiary/aromatic N) is 4. The molecule has 4 rings (SSSR count). The van der Waals surface area contributed by atoms with Gasteiger partial charge in [-0.3, -0.25) is 18.7 Å². The second kappa shape index (κ2) is 6.40. The predicted molar refractivity (Wildman–Crippen MR) is 97.2 cm³/mol. The average Bonchev–Trinajstić information content (AvgIpc) is 3.35. The number of imidazole rings is 1. The number of hydrogen-bond donors (Lipinski definition) is 0. The van der Waals surface area contributed by atoms with E-state index in [1.807, 2.05) is 30.3 Å². The zero-order chi connectivity index (χ0) is 18.3. The topological polar surface area (TPSA) is 78.9 Å². The van der Waals surface area contributed by atoms with Gasteiger partial charge in [0.15, 0.2) is 11.2 Å². The smallest absolute Gasteiger partial charge is 0.317 e. The zero-order valence-electron chi connectivity index (χ0n) is 14.6. The van der Waals surface area contributed by atoms with Crippen molar-refractivity contribution in [2.24, 2.45) is 5.92 Å². The Hall–Kier alpha value is -2.96. The Labute approximate surface area is 149 Å². The molecule has 0 N–H and O–H groups in total. The van der Waals surface area contributed by atoms with Crippen LogP contribution in [0.2, 0.25) is 0 Å². The molecule has 0 aliphatic heterocycles. The summed E-state index contributed by atoms with van der Waals surface area (Å²) in [7, 11) is 0. The molecule has 7 nitrogen and oxygen atoms in total. The lowest BCUT2D eigenvalue weighted by molar-refractivity contribution is -0.117. The van der Waals surface area contributed by atoms with E-state index in [1.165, 1.54) is 22.4 Å². The zero-order valence-corrected chi connectivity index (χ0v) is 14.6. The molecule has 0 unspecified atom stereocenters. The molecule has 7 heteroatoms. The van der Waals surface area contributed by atoms with Crippen LogP contribution in [-0.4, -0.2) is 24.5 Å². The van der Waals surface area contributed by atoms with Gasteiger partial charge >= 0.3 is 5.69 Å². The molecule has 0 atom stereocenters. The summed E-state index contributed by atoms with van der Waals surface area (Å²) >= 11 is 0. The minimum Gasteiger partial charge on any atom is -0.317 e. The minimum atomic E-state index is -0.361.